The summed E-state index contributed by atoms with van der Waals surface area (Å²) in [7, 11) is 0. The third-order valence-corrected chi connectivity index (χ3v) is 7.23. The number of benzene rings is 1. The highest BCUT2D eigenvalue weighted by molar-refractivity contribution is 5.98. The minimum Gasteiger partial charge on any atom is -0.348 e. The number of aromatic nitrogens is 2. The molecule has 1 aliphatic carbocycles. The van der Waals surface area contributed by atoms with Crippen molar-refractivity contribution in [2.75, 3.05) is 19.6 Å². The Morgan fingerprint density at radius 2 is 1.80 bits per heavy atom. The third kappa shape index (κ3) is 5.48. The predicted octanol–water partition coefficient (Wildman–Crippen LogP) is 5.70. The van der Waals surface area contributed by atoms with Gasteiger partial charge in [0, 0.05) is 35.9 Å². The first-order valence-electron chi connectivity index (χ1n) is 12.3. The fourth-order valence-electron chi connectivity index (χ4n) is 5.32. The second kappa shape index (κ2) is 9.93. The van der Waals surface area contributed by atoms with Crippen LogP contribution in [0, 0.1) is 5.92 Å². The molecule has 3 aromatic rings. The SMILES string of the molecule is O=C(NC1CCC(CN2CCCC2)CC1)c1ccc2cncc(-c3cccc(C(F)(F)F)c3)c2n1. The quantitative estimate of drug-likeness (QED) is 0.507. The van der Waals surface area contributed by atoms with E-state index in [9.17, 15) is 18.0 Å². The van der Waals surface area contributed by atoms with E-state index in [-0.39, 0.29) is 17.6 Å². The monoisotopic (exact) mass is 482 g/mol. The Kier molecular flexibility index (Phi) is 6.73. The minimum atomic E-state index is -4.44. The molecule has 0 unspecified atom stereocenters. The van der Waals surface area contributed by atoms with Crippen LogP contribution in [0.2, 0.25) is 0 Å². The number of pyridine rings is 2. The number of amides is 1. The fraction of sp³-hybridized carbons (Fsp3) is 0.444. The molecule has 5 rings (SSSR count). The minimum absolute atomic E-state index is 0.121. The lowest BCUT2D eigenvalue weighted by molar-refractivity contribution is -0.137. The van der Waals surface area contributed by atoms with Crippen molar-refractivity contribution in [1.29, 1.82) is 0 Å². The maximum atomic E-state index is 13.2. The van der Waals surface area contributed by atoms with Gasteiger partial charge in [-0.25, -0.2) is 4.98 Å². The number of halogens is 3. The number of hydrogen-bond acceptors (Lipinski definition) is 4. The molecule has 3 heterocycles. The maximum Gasteiger partial charge on any atom is 0.416 e. The summed E-state index contributed by atoms with van der Waals surface area (Å²) in [5.41, 5.74) is 0.809. The topological polar surface area (TPSA) is 58.1 Å². The van der Waals surface area contributed by atoms with Crippen LogP contribution in [0.4, 0.5) is 13.2 Å². The first-order valence-corrected chi connectivity index (χ1v) is 12.3. The van der Waals surface area contributed by atoms with Gasteiger partial charge in [0.1, 0.15) is 5.69 Å². The largest absolute Gasteiger partial charge is 0.416 e. The van der Waals surface area contributed by atoms with Crippen molar-refractivity contribution < 1.29 is 18.0 Å². The molecule has 0 bridgehead atoms. The van der Waals surface area contributed by atoms with Crippen LogP contribution >= 0.6 is 0 Å². The number of nitrogens with zero attached hydrogens (tertiary/aromatic N) is 3. The van der Waals surface area contributed by atoms with E-state index < -0.39 is 11.7 Å². The highest BCUT2D eigenvalue weighted by Gasteiger charge is 2.31. The summed E-state index contributed by atoms with van der Waals surface area (Å²) in [4.78, 5) is 24.3. The molecule has 1 aliphatic heterocycles. The molecule has 1 saturated carbocycles. The van der Waals surface area contributed by atoms with E-state index in [1.807, 2.05) is 0 Å². The second-order valence-corrected chi connectivity index (χ2v) is 9.73. The average molecular weight is 483 g/mol. The lowest BCUT2D eigenvalue weighted by Crippen LogP contribution is -2.39. The summed E-state index contributed by atoms with van der Waals surface area (Å²) in [6, 6.07) is 8.60. The van der Waals surface area contributed by atoms with E-state index in [1.165, 1.54) is 44.7 Å². The van der Waals surface area contributed by atoms with E-state index in [0.717, 1.165) is 37.8 Å². The summed E-state index contributed by atoms with van der Waals surface area (Å²) in [5.74, 6) is 0.448. The van der Waals surface area contributed by atoms with Gasteiger partial charge >= 0.3 is 6.18 Å². The Morgan fingerprint density at radius 1 is 1.03 bits per heavy atom. The summed E-state index contributed by atoms with van der Waals surface area (Å²) in [6.07, 6.45) is 5.38. The lowest BCUT2D eigenvalue weighted by atomic mass is 9.85. The van der Waals surface area contributed by atoms with Crippen molar-refractivity contribution in [1.82, 2.24) is 20.2 Å². The van der Waals surface area contributed by atoms with Crippen LogP contribution in [0.5, 0.6) is 0 Å². The zero-order chi connectivity index (χ0) is 24.4. The summed E-state index contributed by atoms with van der Waals surface area (Å²) in [6.45, 7) is 3.59. The van der Waals surface area contributed by atoms with Gasteiger partial charge in [-0.2, -0.15) is 13.2 Å². The van der Waals surface area contributed by atoms with Crippen molar-refractivity contribution in [3.8, 4) is 11.1 Å². The molecule has 35 heavy (non-hydrogen) atoms. The molecule has 2 aliphatic rings. The Hall–Kier alpha value is -3.00. The Labute approximate surface area is 202 Å². The van der Waals surface area contributed by atoms with E-state index >= 15 is 0 Å². The van der Waals surface area contributed by atoms with E-state index in [4.69, 9.17) is 0 Å². The highest BCUT2D eigenvalue weighted by Crippen LogP contribution is 2.34. The first-order chi connectivity index (χ1) is 16.9. The third-order valence-electron chi connectivity index (χ3n) is 7.23. The van der Waals surface area contributed by atoms with Gasteiger partial charge in [-0.3, -0.25) is 9.78 Å². The summed E-state index contributed by atoms with van der Waals surface area (Å²) < 4.78 is 39.7. The molecule has 0 radical (unpaired) electrons. The van der Waals surface area contributed by atoms with Crippen LogP contribution in [-0.4, -0.2) is 46.5 Å². The number of fused-ring (bicyclic) bond motifs is 1. The molecular formula is C27H29F3N4O. The Balaban J connectivity index is 1.30. The lowest BCUT2D eigenvalue weighted by Gasteiger charge is -2.31. The molecule has 184 valence electrons. The molecule has 2 fully saturated rings. The molecule has 8 heteroatoms. The zero-order valence-corrected chi connectivity index (χ0v) is 19.5. The Morgan fingerprint density at radius 3 is 2.54 bits per heavy atom. The van der Waals surface area contributed by atoms with Crippen LogP contribution in [0.15, 0.2) is 48.8 Å². The van der Waals surface area contributed by atoms with E-state index in [0.29, 0.717) is 27.9 Å². The van der Waals surface area contributed by atoms with Crippen LogP contribution in [-0.2, 0) is 6.18 Å². The highest BCUT2D eigenvalue weighted by atomic mass is 19.4. The maximum absolute atomic E-state index is 13.2. The van der Waals surface area contributed by atoms with Gasteiger partial charge < -0.3 is 10.2 Å². The van der Waals surface area contributed by atoms with Crippen molar-refractivity contribution >= 4 is 16.8 Å². The molecule has 2 aromatic heterocycles. The fourth-order valence-corrected chi connectivity index (χ4v) is 5.32. The molecule has 0 spiro atoms. The van der Waals surface area contributed by atoms with Crippen LogP contribution < -0.4 is 5.32 Å². The van der Waals surface area contributed by atoms with Gasteiger partial charge in [0.25, 0.3) is 5.91 Å². The zero-order valence-electron chi connectivity index (χ0n) is 19.5. The van der Waals surface area contributed by atoms with Crippen molar-refractivity contribution in [3.63, 3.8) is 0 Å². The van der Waals surface area contributed by atoms with Gasteiger partial charge in [-0.15, -0.1) is 0 Å². The van der Waals surface area contributed by atoms with Crippen LogP contribution in [0.1, 0.15) is 54.6 Å². The van der Waals surface area contributed by atoms with Gasteiger partial charge in [-0.05, 0) is 87.4 Å². The molecule has 5 nitrogen and oxygen atoms in total. The van der Waals surface area contributed by atoms with Gasteiger partial charge in [0.15, 0.2) is 0 Å². The average Bonchev–Trinajstić information content (AvgIpc) is 3.37. The van der Waals surface area contributed by atoms with Crippen LogP contribution in [0.3, 0.4) is 0 Å². The summed E-state index contributed by atoms with van der Waals surface area (Å²) in [5, 5.41) is 3.79. The van der Waals surface area contributed by atoms with Crippen molar-refractivity contribution in [3.05, 3.63) is 60.0 Å². The number of alkyl halides is 3. The second-order valence-electron chi connectivity index (χ2n) is 9.73. The predicted molar refractivity (Wildman–Crippen MR) is 129 cm³/mol. The molecule has 1 amide bonds. The molecular weight excluding hydrogens is 453 g/mol. The van der Waals surface area contributed by atoms with E-state index in [2.05, 4.69) is 20.2 Å². The van der Waals surface area contributed by atoms with E-state index in [1.54, 1.807) is 24.4 Å². The van der Waals surface area contributed by atoms with Crippen LogP contribution in [0.25, 0.3) is 22.0 Å². The number of carbonyl (C=O) groups is 1. The number of nitrogens with one attached hydrogen (secondary N) is 1. The molecule has 1 aromatic carbocycles. The van der Waals surface area contributed by atoms with Crippen molar-refractivity contribution in [2.24, 2.45) is 5.92 Å². The molecule has 1 saturated heterocycles. The standard InChI is InChI=1S/C27H29F3N4O/c28-27(29,30)21-5-3-4-19(14-21)23-16-31-15-20-8-11-24(33-25(20)23)26(35)32-22-9-6-18(7-10-22)17-34-12-1-2-13-34/h3-5,8,11,14-16,18,22H,1-2,6-7,9-10,12-13,17H2,(H,32,35). The number of likely N-dealkylation sites (tertiary alicyclic amines) is 1. The number of rotatable bonds is 5. The Bertz CT molecular complexity index is 1200. The number of hydrogen-bond donors (Lipinski definition) is 1. The first kappa shape index (κ1) is 23.7. The smallest absolute Gasteiger partial charge is 0.348 e. The normalized spacial score (nSPS) is 21.3. The summed E-state index contributed by atoms with van der Waals surface area (Å²) >= 11 is 0. The van der Waals surface area contributed by atoms with Gasteiger partial charge in [0.05, 0.1) is 11.1 Å². The molecule has 1 N–H and O–H groups in total. The van der Waals surface area contributed by atoms with Gasteiger partial charge in [-0.1, -0.05) is 12.1 Å². The number of carbonyl (C=O) groups excluding carboxylic acids is 1. The molecule has 0 atom stereocenters. The van der Waals surface area contributed by atoms with Crippen molar-refractivity contribution in [2.45, 2.75) is 50.7 Å². The van der Waals surface area contributed by atoms with Gasteiger partial charge in [0.2, 0.25) is 0 Å².